The van der Waals surface area contributed by atoms with Crippen molar-refractivity contribution in [3.8, 4) is 0 Å². The van der Waals surface area contributed by atoms with E-state index in [1.54, 1.807) is 0 Å². The van der Waals surface area contributed by atoms with Crippen molar-refractivity contribution in [2.75, 3.05) is 13.2 Å². The summed E-state index contributed by atoms with van der Waals surface area (Å²) in [7, 11) is -2.42. The Labute approximate surface area is 169 Å². The van der Waals surface area contributed by atoms with E-state index < -0.39 is 8.72 Å². The summed E-state index contributed by atoms with van der Waals surface area (Å²) in [5.74, 6) is 2.54. The van der Waals surface area contributed by atoms with Gasteiger partial charge in [-0.1, -0.05) is 65.7 Å². The van der Waals surface area contributed by atoms with Crippen molar-refractivity contribution < 1.29 is 8.85 Å². The van der Waals surface area contributed by atoms with Crippen LogP contribution in [0.5, 0.6) is 0 Å². The van der Waals surface area contributed by atoms with E-state index in [0.717, 1.165) is 43.8 Å². The standard InChI is InChI=1S/C23H45NO2Si/c1-4-17-25-27(26-18-5-2,24-22-15-9-6-11-19(22)3)23-16-10-13-20-12-7-8-14-21(20)23/h19-24H,4-18H2,1-3H3. The van der Waals surface area contributed by atoms with Crippen LogP contribution in [-0.2, 0) is 8.85 Å². The molecule has 0 aliphatic heterocycles. The SMILES string of the molecule is CCCO[Si](NC1CCCCC1C)(OCCC)C1CCCC2CCCCC21. The number of rotatable bonds is 9. The summed E-state index contributed by atoms with van der Waals surface area (Å²) in [6.45, 7) is 8.65. The molecule has 0 aromatic rings. The van der Waals surface area contributed by atoms with Crippen LogP contribution < -0.4 is 4.98 Å². The molecule has 3 nitrogen and oxygen atoms in total. The largest absolute Gasteiger partial charge is 0.428 e. The van der Waals surface area contributed by atoms with E-state index >= 15 is 0 Å². The predicted molar refractivity (Wildman–Crippen MR) is 116 cm³/mol. The zero-order chi connectivity index (χ0) is 19.1. The second-order valence-electron chi connectivity index (χ2n) is 9.62. The Hall–Kier alpha value is 0.0969. The topological polar surface area (TPSA) is 30.5 Å². The molecular weight excluding hydrogens is 350 g/mol. The lowest BCUT2D eigenvalue weighted by Gasteiger charge is -2.49. The van der Waals surface area contributed by atoms with Crippen LogP contribution in [0.15, 0.2) is 0 Å². The van der Waals surface area contributed by atoms with Crippen molar-refractivity contribution in [2.45, 2.75) is 116 Å². The molecule has 5 unspecified atom stereocenters. The average Bonchev–Trinajstić information content (AvgIpc) is 2.71. The van der Waals surface area contributed by atoms with E-state index in [2.05, 4.69) is 25.8 Å². The fourth-order valence-electron chi connectivity index (χ4n) is 6.15. The molecule has 3 rings (SSSR count). The second kappa shape index (κ2) is 10.8. The third kappa shape index (κ3) is 5.37. The van der Waals surface area contributed by atoms with Crippen LogP contribution in [0.2, 0.25) is 5.54 Å². The van der Waals surface area contributed by atoms with Crippen molar-refractivity contribution in [3.05, 3.63) is 0 Å². The summed E-state index contributed by atoms with van der Waals surface area (Å²) in [6.07, 6.45) is 17.5. The van der Waals surface area contributed by atoms with Crippen LogP contribution in [-0.4, -0.2) is 28.0 Å². The maximum atomic E-state index is 6.83. The van der Waals surface area contributed by atoms with E-state index in [9.17, 15) is 0 Å². The molecule has 1 N–H and O–H groups in total. The van der Waals surface area contributed by atoms with Gasteiger partial charge < -0.3 is 8.85 Å². The van der Waals surface area contributed by atoms with E-state index in [4.69, 9.17) is 8.85 Å². The highest BCUT2D eigenvalue weighted by Crippen LogP contribution is 2.51. The van der Waals surface area contributed by atoms with Gasteiger partial charge in [-0.3, -0.25) is 4.98 Å². The molecule has 0 saturated heterocycles. The van der Waals surface area contributed by atoms with Gasteiger partial charge >= 0.3 is 8.72 Å². The van der Waals surface area contributed by atoms with Crippen LogP contribution in [0, 0.1) is 17.8 Å². The Morgan fingerprint density at radius 2 is 1.41 bits per heavy atom. The molecule has 3 aliphatic carbocycles. The summed E-state index contributed by atoms with van der Waals surface area (Å²) in [5, 5.41) is 0. The first kappa shape index (κ1) is 21.8. The van der Waals surface area contributed by atoms with Crippen molar-refractivity contribution in [1.29, 1.82) is 0 Å². The van der Waals surface area contributed by atoms with Gasteiger partial charge in [-0.25, -0.2) is 0 Å². The summed E-state index contributed by atoms with van der Waals surface area (Å²) >= 11 is 0. The van der Waals surface area contributed by atoms with Crippen molar-refractivity contribution in [3.63, 3.8) is 0 Å². The van der Waals surface area contributed by atoms with E-state index in [-0.39, 0.29) is 0 Å². The van der Waals surface area contributed by atoms with Gasteiger partial charge in [0.05, 0.1) is 0 Å². The van der Waals surface area contributed by atoms with Gasteiger partial charge in [0.2, 0.25) is 0 Å². The van der Waals surface area contributed by atoms with Gasteiger partial charge in [0.1, 0.15) is 0 Å². The lowest BCUT2D eigenvalue weighted by Crippen LogP contribution is -2.66. The first-order valence-electron chi connectivity index (χ1n) is 12.3. The highest BCUT2D eigenvalue weighted by molar-refractivity contribution is 6.66. The highest BCUT2D eigenvalue weighted by atomic mass is 28.4. The molecule has 0 spiro atoms. The molecule has 158 valence electrons. The van der Waals surface area contributed by atoms with E-state index in [1.807, 2.05) is 0 Å². The van der Waals surface area contributed by atoms with Crippen LogP contribution in [0.1, 0.15) is 104 Å². The summed E-state index contributed by atoms with van der Waals surface area (Å²) < 4.78 is 13.7. The lowest BCUT2D eigenvalue weighted by atomic mass is 9.70. The fourth-order valence-corrected chi connectivity index (χ4v) is 10.6. The molecule has 3 saturated carbocycles. The maximum Gasteiger partial charge on any atom is 0.428 e. The zero-order valence-electron chi connectivity index (χ0n) is 18.3. The quantitative estimate of drug-likeness (QED) is 0.464. The first-order valence-corrected chi connectivity index (χ1v) is 14.1. The molecule has 4 heteroatoms. The normalized spacial score (nSPS) is 35.0. The molecule has 0 aromatic heterocycles. The van der Waals surface area contributed by atoms with Crippen molar-refractivity contribution in [2.24, 2.45) is 17.8 Å². The van der Waals surface area contributed by atoms with E-state index in [0.29, 0.717) is 11.6 Å². The molecule has 3 aliphatic rings. The van der Waals surface area contributed by atoms with Crippen LogP contribution in [0.25, 0.3) is 0 Å². The predicted octanol–water partition coefficient (Wildman–Crippen LogP) is 6.31. The Balaban J connectivity index is 1.85. The third-order valence-corrected chi connectivity index (χ3v) is 11.3. The monoisotopic (exact) mass is 395 g/mol. The minimum atomic E-state index is -2.42. The van der Waals surface area contributed by atoms with Gasteiger partial charge in [-0.05, 0) is 56.3 Å². The average molecular weight is 396 g/mol. The molecular formula is C23H45NO2Si. The first-order chi connectivity index (χ1) is 13.2. The van der Waals surface area contributed by atoms with Gasteiger partial charge in [-0.15, -0.1) is 0 Å². The van der Waals surface area contributed by atoms with Gasteiger partial charge in [-0.2, -0.15) is 0 Å². The Morgan fingerprint density at radius 3 is 2.11 bits per heavy atom. The number of hydrogen-bond donors (Lipinski definition) is 1. The minimum Gasteiger partial charge on any atom is -0.383 e. The van der Waals surface area contributed by atoms with Crippen LogP contribution >= 0.6 is 0 Å². The Morgan fingerprint density at radius 1 is 0.778 bits per heavy atom. The van der Waals surface area contributed by atoms with Gasteiger partial charge in [0.15, 0.2) is 0 Å². The third-order valence-electron chi connectivity index (χ3n) is 7.60. The summed E-state index contributed by atoms with van der Waals surface area (Å²) in [5.41, 5.74) is 0.656. The number of fused-ring (bicyclic) bond motifs is 1. The molecule has 3 fully saturated rings. The van der Waals surface area contributed by atoms with E-state index in [1.165, 1.54) is 70.6 Å². The molecule has 0 bridgehead atoms. The molecule has 0 aromatic carbocycles. The van der Waals surface area contributed by atoms with Gasteiger partial charge in [0, 0.05) is 24.8 Å². The van der Waals surface area contributed by atoms with Crippen LogP contribution in [0.4, 0.5) is 0 Å². The van der Waals surface area contributed by atoms with Crippen molar-refractivity contribution >= 4 is 8.72 Å². The maximum absolute atomic E-state index is 6.83. The smallest absolute Gasteiger partial charge is 0.383 e. The molecule has 0 amide bonds. The molecule has 5 atom stereocenters. The van der Waals surface area contributed by atoms with Crippen molar-refractivity contribution in [1.82, 2.24) is 4.98 Å². The molecule has 0 radical (unpaired) electrons. The summed E-state index contributed by atoms with van der Waals surface area (Å²) in [6, 6.07) is 0.600. The number of hydrogen-bond acceptors (Lipinski definition) is 3. The second-order valence-corrected chi connectivity index (χ2v) is 12.6. The molecule has 0 heterocycles. The minimum absolute atomic E-state index is 0.600. The number of nitrogens with one attached hydrogen (secondary N) is 1. The highest BCUT2D eigenvalue weighted by Gasteiger charge is 2.54. The lowest BCUT2D eigenvalue weighted by molar-refractivity contribution is 0.0879. The zero-order valence-corrected chi connectivity index (χ0v) is 19.3. The Bertz CT molecular complexity index is 423. The van der Waals surface area contributed by atoms with Gasteiger partial charge in [0.25, 0.3) is 0 Å². The van der Waals surface area contributed by atoms with Crippen LogP contribution in [0.3, 0.4) is 0 Å². The Kier molecular flexibility index (Phi) is 8.68. The summed E-state index contributed by atoms with van der Waals surface area (Å²) in [4.78, 5) is 4.19. The fraction of sp³-hybridized carbons (Fsp3) is 1.00. The molecule has 27 heavy (non-hydrogen) atoms.